The van der Waals surface area contributed by atoms with Crippen molar-refractivity contribution in [2.45, 2.75) is 5.03 Å². The van der Waals surface area contributed by atoms with Crippen molar-refractivity contribution in [3.63, 3.8) is 0 Å². The fourth-order valence-electron chi connectivity index (χ4n) is 1.36. The number of nitrogens with zero attached hydrogens (tertiary/aromatic N) is 4. The van der Waals surface area contributed by atoms with Crippen molar-refractivity contribution in [2.24, 2.45) is 7.05 Å². The van der Waals surface area contributed by atoms with Crippen molar-refractivity contribution in [2.75, 3.05) is 4.72 Å². The molecule has 11 heteroatoms. The van der Waals surface area contributed by atoms with Crippen LogP contribution in [0.15, 0.2) is 29.7 Å². The van der Waals surface area contributed by atoms with Crippen LogP contribution in [0.4, 0.5) is 11.5 Å². The molecule has 2 heterocycles. The molecule has 9 nitrogen and oxygen atoms in total. The third-order valence-electron chi connectivity index (χ3n) is 2.22. The minimum Gasteiger partial charge on any atom is -0.339 e. The summed E-state index contributed by atoms with van der Waals surface area (Å²) in [5, 5.41) is 10.5. The molecule has 0 amide bonds. The molecule has 0 spiro atoms. The van der Waals surface area contributed by atoms with Gasteiger partial charge in [0, 0.05) is 19.3 Å². The summed E-state index contributed by atoms with van der Waals surface area (Å²) < 4.78 is 27.4. The average molecular weight is 318 g/mol. The van der Waals surface area contributed by atoms with E-state index in [1.165, 1.54) is 23.2 Å². The Hall–Kier alpha value is -2.20. The van der Waals surface area contributed by atoms with Crippen molar-refractivity contribution in [1.29, 1.82) is 0 Å². The summed E-state index contributed by atoms with van der Waals surface area (Å²) in [5.74, 6) is -0.465. The van der Waals surface area contributed by atoms with Gasteiger partial charge < -0.3 is 4.57 Å². The van der Waals surface area contributed by atoms with Crippen molar-refractivity contribution < 1.29 is 13.3 Å². The largest absolute Gasteiger partial charge is 0.339 e. The SMILES string of the molecule is Cn1cnc(S(=O)(=O)Nc2nc(Cl)ccc2[N+](=O)[O-])c1. The van der Waals surface area contributed by atoms with E-state index in [1.54, 1.807) is 7.05 Å². The van der Waals surface area contributed by atoms with Crippen molar-refractivity contribution in [3.05, 3.63) is 39.9 Å². The Morgan fingerprint density at radius 3 is 2.70 bits per heavy atom. The third kappa shape index (κ3) is 2.86. The summed E-state index contributed by atoms with van der Waals surface area (Å²) in [7, 11) is -2.48. The van der Waals surface area contributed by atoms with Gasteiger partial charge in [0.15, 0.2) is 5.03 Å². The Kier molecular flexibility index (Phi) is 3.59. The molecule has 1 N–H and O–H groups in total. The van der Waals surface area contributed by atoms with E-state index < -0.39 is 26.5 Å². The van der Waals surface area contributed by atoms with E-state index in [0.29, 0.717) is 0 Å². The van der Waals surface area contributed by atoms with E-state index in [9.17, 15) is 18.5 Å². The highest BCUT2D eigenvalue weighted by molar-refractivity contribution is 7.92. The second-order valence-electron chi connectivity index (χ2n) is 3.74. The number of pyridine rings is 1. The topological polar surface area (TPSA) is 120 Å². The van der Waals surface area contributed by atoms with Crippen molar-refractivity contribution in [3.8, 4) is 0 Å². The maximum atomic E-state index is 12.0. The molecule has 0 aliphatic heterocycles. The summed E-state index contributed by atoms with van der Waals surface area (Å²) in [4.78, 5) is 17.3. The molecule has 2 rings (SSSR count). The van der Waals surface area contributed by atoms with E-state index in [1.807, 2.05) is 4.72 Å². The van der Waals surface area contributed by atoms with Crippen LogP contribution in [0.3, 0.4) is 0 Å². The van der Waals surface area contributed by atoms with Crippen molar-refractivity contribution >= 4 is 33.1 Å². The zero-order valence-electron chi connectivity index (χ0n) is 10.0. The number of aryl methyl sites for hydroxylation is 1. The highest BCUT2D eigenvalue weighted by atomic mass is 35.5. The number of sulfonamides is 1. The molecule has 106 valence electrons. The van der Waals surface area contributed by atoms with Gasteiger partial charge in [-0.25, -0.2) is 9.97 Å². The van der Waals surface area contributed by atoms with Crippen LogP contribution in [0.2, 0.25) is 5.15 Å². The fourth-order valence-corrected chi connectivity index (χ4v) is 2.51. The smallest absolute Gasteiger partial charge is 0.312 e. The van der Waals surface area contributed by atoms with E-state index >= 15 is 0 Å². The Bertz CT molecular complexity index is 772. The number of anilines is 1. The lowest BCUT2D eigenvalue weighted by Crippen LogP contribution is -2.15. The summed E-state index contributed by atoms with van der Waals surface area (Å²) in [6, 6.07) is 2.25. The fraction of sp³-hybridized carbons (Fsp3) is 0.111. The summed E-state index contributed by atoms with van der Waals surface area (Å²) in [5.41, 5.74) is -0.506. The maximum Gasteiger partial charge on any atom is 0.312 e. The molecule has 0 radical (unpaired) electrons. The number of hydrogen-bond acceptors (Lipinski definition) is 6. The van der Waals surface area contributed by atoms with Crippen LogP contribution in [0.5, 0.6) is 0 Å². The minimum atomic E-state index is -4.07. The number of aromatic nitrogens is 3. The first-order valence-corrected chi connectivity index (χ1v) is 6.97. The number of halogens is 1. The summed E-state index contributed by atoms with van der Waals surface area (Å²) in [6.07, 6.45) is 2.53. The molecular formula is C9H8ClN5O4S. The van der Waals surface area contributed by atoms with Crippen LogP contribution in [-0.2, 0) is 17.1 Å². The summed E-state index contributed by atoms with van der Waals surface area (Å²) in [6.45, 7) is 0. The van der Waals surface area contributed by atoms with E-state index in [-0.39, 0.29) is 10.2 Å². The van der Waals surface area contributed by atoms with Gasteiger partial charge in [-0.2, -0.15) is 8.42 Å². The molecule has 20 heavy (non-hydrogen) atoms. The van der Waals surface area contributed by atoms with Gasteiger partial charge in [-0.3, -0.25) is 14.8 Å². The molecule has 0 aliphatic carbocycles. The first-order chi connectivity index (χ1) is 9.29. The number of imidazole rings is 1. The Balaban J connectivity index is 2.44. The molecule has 2 aromatic heterocycles. The zero-order valence-corrected chi connectivity index (χ0v) is 11.6. The van der Waals surface area contributed by atoms with E-state index in [0.717, 1.165) is 6.07 Å². The molecule has 0 fully saturated rings. The van der Waals surface area contributed by atoms with Gasteiger partial charge in [-0.05, 0) is 6.07 Å². The van der Waals surface area contributed by atoms with Crippen LogP contribution in [0.1, 0.15) is 0 Å². The molecular weight excluding hydrogens is 310 g/mol. The molecule has 0 saturated carbocycles. The molecule has 2 aromatic rings. The molecule has 0 unspecified atom stereocenters. The van der Waals surface area contributed by atoms with Gasteiger partial charge in [0.05, 0.1) is 11.3 Å². The molecule has 0 saturated heterocycles. The van der Waals surface area contributed by atoms with Gasteiger partial charge in [-0.1, -0.05) is 11.6 Å². The number of nitro groups is 1. The lowest BCUT2D eigenvalue weighted by Gasteiger charge is -2.05. The van der Waals surface area contributed by atoms with Gasteiger partial charge in [0.2, 0.25) is 5.82 Å². The number of hydrogen-bond donors (Lipinski definition) is 1. The van der Waals surface area contributed by atoms with E-state index in [2.05, 4.69) is 9.97 Å². The Labute approximate surface area is 118 Å². The van der Waals surface area contributed by atoms with Gasteiger partial charge in [0.25, 0.3) is 10.0 Å². The molecule has 0 aromatic carbocycles. The van der Waals surface area contributed by atoms with Gasteiger partial charge in [-0.15, -0.1) is 0 Å². The quantitative estimate of drug-likeness (QED) is 0.513. The highest BCUT2D eigenvalue weighted by Gasteiger charge is 2.24. The van der Waals surface area contributed by atoms with Gasteiger partial charge >= 0.3 is 5.69 Å². The average Bonchev–Trinajstić information content (AvgIpc) is 2.75. The second-order valence-corrected chi connectivity index (χ2v) is 5.76. The van der Waals surface area contributed by atoms with Gasteiger partial charge in [0.1, 0.15) is 5.15 Å². The second kappa shape index (κ2) is 5.06. The van der Waals surface area contributed by atoms with Crippen LogP contribution in [-0.4, -0.2) is 27.9 Å². The predicted octanol–water partition coefficient (Wildman–Crippen LogP) is 1.18. The monoisotopic (exact) mass is 317 g/mol. The number of rotatable bonds is 4. The predicted molar refractivity (Wildman–Crippen MR) is 69.9 cm³/mol. The Morgan fingerprint density at radius 1 is 1.45 bits per heavy atom. The molecule has 0 bridgehead atoms. The third-order valence-corrected chi connectivity index (χ3v) is 3.66. The van der Waals surface area contributed by atoms with Crippen LogP contribution in [0, 0.1) is 10.1 Å². The van der Waals surface area contributed by atoms with E-state index in [4.69, 9.17) is 11.6 Å². The zero-order chi connectivity index (χ0) is 14.9. The first kappa shape index (κ1) is 14.2. The minimum absolute atomic E-state index is 0.0747. The van der Waals surface area contributed by atoms with Crippen LogP contribution >= 0.6 is 11.6 Å². The maximum absolute atomic E-state index is 12.0. The lowest BCUT2D eigenvalue weighted by atomic mass is 10.4. The highest BCUT2D eigenvalue weighted by Crippen LogP contribution is 2.25. The molecule has 0 atom stereocenters. The lowest BCUT2D eigenvalue weighted by molar-refractivity contribution is -0.384. The van der Waals surface area contributed by atoms with Crippen LogP contribution in [0.25, 0.3) is 0 Å². The first-order valence-electron chi connectivity index (χ1n) is 5.11. The molecule has 0 aliphatic rings. The standard InChI is InChI=1S/C9H8ClN5O4S/c1-14-4-8(11-5-14)20(18,19)13-9-6(15(16)17)2-3-7(10)12-9/h2-5H,1H3,(H,12,13). The summed E-state index contributed by atoms with van der Waals surface area (Å²) >= 11 is 5.61. The normalized spacial score (nSPS) is 11.3. The van der Waals surface area contributed by atoms with Crippen molar-refractivity contribution in [1.82, 2.24) is 14.5 Å². The Morgan fingerprint density at radius 2 is 2.15 bits per heavy atom. The number of nitrogens with one attached hydrogen (secondary N) is 1. The van der Waals surface area contributed by atoms with Crippen LogP contribution < -0.4 is 4.72 Å².